The van der Waals surface area contributed by atoms with E-state index < -0.39 is 0 Å². The molecule has 1 aliphatic rings. The molecule has 0 radical (unpaired) electrons. The van der Waals surface area contributed by atoms with Crippen molar-refractivity contribution in [3.8, 4) is 11.3 Å². The second kappa shape index (κ2) is 4.00. The third-order valence-corrected chi connectivity index (χ3v) is 3.19. The number of aryl methyl sites for hydroxylation is 1. The molecule has 1 aromatic carbocycles. The SMILES string of the molecule is OC1CCc2cc(-c3ccc(F)cc3)oc2C1. The van der Waals surface area contributed by atoms with E-state index in [2.05, 4.69) is 0 Å². The monoisotopic (exact) mass is 232 g/mol. The van der Waals surface area contributed by atoms with E-state index in [0.29, 0.717) is 6.42 Å². The van der Waals surface area contributed by atoms with Crippen LogP contribution in [0, 0.1) is 5.82 Å². The molecule has 0 saturated carbocycles. The molecule has 2 aromatic rings. The second-order valence-electron chi connectivity index (χ2n) is 4.46. The van der Waals surface area contributed by atoms with Crippen LogP contribution < -0.4 is 0 Å². The van der Waals surface area contributed by atoms with Gasteiger partial charge in [-0.2, -0.15) is 0 Å². The molecule has 0 amide bonds. The van der Waals surface area contributed by atoms with E-state index in [1.807, 2.05) is 6.07 Å². The molecule has 0 fully saturated rings. The maximum Gasteiger partial charge on any atom is 0.134 e. The Labute approximate surface area is 98.7 Å². The van der Waals surface area contributed by atoms with Gasteiger partial charge >= 0.3 is 0 Å². The lowest BCUT2D eigenvalue weighted by atomic mass is 9.96. The molecule has 1 aromatic heterocycles. The normalized spacial score (nSPS) is 19.1. The van der Waals surface area contributed by atoms with E-state index in [1.54, 1.807) is 12.1 Å². The highest BCUT2D eigenvalue weighted by molar-refractivity contribution is 5.59. The Hall–Kier alpha value is -1.61. The highest BCUT2D eigenvalue weighted by atomic mass is 19.1. The summed E-state index contributed by atoms with van der Waals surface area (Å²) in [5, 5.41) is 9.56. The van der Waals surface area contributed by atoms with Crippen LogP contribution in [0.25, 0.3) is 11.3 Å². The van der Waals surface area contributed by atoms with Gasteiger partial charge in [0.1, 0.15) is 17.3 Å². The average molecular weight is 232 g/mol. The predicted molar refractivity (Wildman–Crippen MR) is 62.1 cm³/mol. The Balaban J connectivity index is 1.97. The van der Waals surface area contributed by atoms with Crippen molar-refractivity contribution in [3.63, 3.8) is 0 Å². The molecule has 0 aliphatic heterocycles. The second-order valence-corrected chi connectivity index (χ2v) is 4.46. The minimum Gasteiger partial charge on any atom is -0.461 e. The standard InChI is InChI=1S/C14H13FO2/c15-11-4-1-9(2-5-11)13-7-10-3-6-12(16)8-14(10)17-13/h1-2,4-5,7,12,16H,3,6,8H2. The number of furan rings is 1. The summed E-state index contributed by atoms with van der Waals surface area (Å²) in [4.78, 5) is 0. The molecule has 0 saturated heterocycles. The Kier molecular flexibility index (Phi) is 2.48. The molecule has 1 unspecified atom stereocenters. The summed E-state index contributed by atoms with van der Waals surface area (Å²) >= 11 is 0. The van der Waals surface area contributed by atoms with E-state index in [0.717, 1.165) is 35.5 Å². The number of aliphatic hydroxyl groups excluding tert-OH is 1. The van der Waals surface area contributed by atoms with E-state index in [1.165, 1.54) is 12.1 Å². The first-order chi connectivity index (χ1) is 8.22. The van der Waals surface area contributed by atoms with Crippen LogP contribution in [0.4, 0.5) is 4.39 Å². The lowest BCUT2D eigenvalue weighted by molar-refractivity contribution is 0.150. The molecule has 1 atom stereocenters. The van der Waals surface area contributed by atoms with Crippen molar-refractivity contribution < 1.29 is 13.9 Å². The molecular formula is C14H13FO2. The lowest BCUT2D eigenvalue weighted by Crippen LogP contribution is -2.16. The number of hydrogen-bond acceptors (Lipinski definition) is 2. The summed E-state index contributed by atoms with van der Waals surface area (Å²) in [5.41, 5.74) is 2.03. The van der Waals surface area contributed by atoms with Crippen LogP contribution in [0.5, 0.6) is 0 Å². The maximum absolute atomic E-state index is 12.8. The molecule has 1 heterocycles. The maximum atomic E-state index is 12.8. The van der Waals surface area contributed by atoms with Gasteiger partial charge in [0, 0.05) is 12.0 Å². The van der Waals surface area contributed by atoms with Gasteiger partial charge in [-0.1, -0.05) is 0 Å². The number of fused-ring (bicyclic) bond motifs is 1. The van der Waals surface area contributed by atoms with Crippen LogP contribution in [0.2, 0.25) is 0 Å². The first-order valence-corrected chi connectivity index (χ1v) is 5.78. The van der Waals surface area contributed by atoms with Gasteiger partial charge < -0.3 is 9.52 Å². The molecule has 1 N–H and O–H groups in total. The number of hydrogen-bond donors (Lipinski definition) is 1. The molecule has 1 aliphatic carbocycles. The molecule has 88 valence electrons. The van der Waals surface area contributed by atoms with Crippen molar-refractivity contribution in [1.29, 1.82) is 0 Å². The zero-order valence-corrected chi connectivity index (χ0v) is 9.32. The highest BCUT2D eigenvalue weighted by Crippen LogP contribution is 2.30. The largest absolute Gasteiger partial charge is 0.461 e. The van der Waals surface area contributed by atoms with Gasteiger partial charge in [-0.25, -0.2) is 4.39 Å². The third-order valence-electron chi connectivity index (χ3n) is 3.19. The molecular weight excluding hydrogens is 219 g/mol. The first-order valence-electron chi connectivity index (χ1n) is 5.78. The van der Waals surface area contributed by atoms with Crippen LogP contribution in [0.3, 0.4) is 0 Å². The van der Waals surface area contributed by atoms with Crippen molar-refractivity contribution in [3.05, 3.63) is 47.5 Å². The predicted octanol–water partition coefficient (Wildman–Crippen LogP) is 2.94. The number of benzene rings is 1. The van der Waals surface area contributed by atoms with Gasteiger partial charge in [0.2, 0.25) is 0 Å². The summed E-state index contributed by atoms with van der Waals surface area (Å²) < 4.78 is 18.5. The van der Waals surface area contributed by atoms with Gasteiger partial charge in [0.05, 0.1) is 6.10 Å². The average Bonchev–Trinajstić information content (AvgIpc) is 2.72. The summed E-state index contributed by atoms with van der Waals surface area (Å²) in [7, 11) is 0. The van der Waals surface area contributed by atoms with E-state index in [4.69, 9.17) is 4.42 Å². The number of aliphatic hydroxyl groups is 1. The Morgan fingerprint density at radius 3 is 2.76 bits per heavy atom. The molecule has 0 spiro atoms. The Bertz CT molecular complexity index is 528. The molecule has 0 bridgehead atoms. The van der Waals surface area contributed by atoms with Gasteiger partial charge in [0.25, 0.3) is 0 Å². The summed E-state index contributed by atoms with van der Waals surface area (Å²) in [6.45, 7) is 0. The van der Waals surface area contributed by atoms with Crippen molar-refractivity contribution in [1.82, 2.24) is 0 Å². The minimum absolute atomic E-state index is 0.250. The topological polar surface area (TPSA) is 33.4 Å². The number of rotatable bonds is 1. The summed E-state index contributed by atoms with van der Waals surface area (Å²) in [6.07, 6.45) is 1.92. The lowest BCUT2D eigenvalue weighted by Gasteiger charge is -2.14. The fourth-order valence-electron chi connectivity index (χ4n) is 2.25. The van der Waals surface area contributed by atoms with Crippen LogP contribution in [0.15, 0.2) is 34.7 Å². The molecule has 3 heteroatoms. The van der Waals surface area contributed by atoms with Crippen molar-refractivity contribution in [2.75, 3.05) is 0 Å². The van der Waals surface area contributed by atoms with Gasteiger partial charge in [-0.05, 0) is 48.7 Å². The van der Waals surface area contributed by atoms with E-state index in [9.17, 15) is 9.50 Å². The summed E-state index contributed by atoms with van der Waals surface area (Å²) in [6, 6.07) is 8.25. The fraction of sp³-hybridized carbons (Fsp3) is 0.286. The molecule has 3 rings (SSSR count). The number of halogens is 1. The van der Waals surface area contributed by atoms with Gasteiger partial charge in [-0.15, -0.1) is 0 Å². The zero-order valence-electron chi connectivity index (χ0n) is 9.32. The van der Waals surface area contributed by atoms with Gasteiger partial charge in [0.15, 0.2) is 0 Å². The minimum atomic E-state index is -0.297. The van der Waals surface area contributed by atoms with E-state index in [-0.39, 0.29) is 11.9 Å². The van der Waals surface area contributed by atoms with Crippen LogP contribution in [-0.2, 0) is 12.8 Å². The van der Waals surface area contributed by atoms with Gasteiger partial charge in [-0.3, -0.25) is 0 Å². The Morgan fingerprint density at radius 2 is 2.00 bits per heavy atom. The van der Waals surface area contributed by atoms with Crippen LogP contribution in [-0.4, -0.2) is 11.2 Å². The fourth-order valence-corrected chi connectivity index (χ4v) is 2.25. The van der Waals surface area contributed by atoms with Crippen molar-refractivity contribution in [2.45, 2.75) is 25.4 Å². The van der Waals surface area contributed by atoms with E-state index >= 15 is 0 Å². The highest BCUT2D eigenvalue weighted by Gasteiger charge is 2.21. The molecule has 17 heavy (non-hydrogen) atoms. The van der Waals surface area contributed by atoms with Crippen LogP contribution >= 0.6 is 0 Å². The smallest absolute Gasteiger partial charge is 0.134 e. The first kappa shape index (κ1) is 10.5. The quantitative estimate of drug-likeness (QED) is 0.820. The third kappa shape index (κ3) is 1.98. The van der Waals surface area contributed by atoms with Crippen molar-refractivity contribution >= 4 is 0 Å². The van der Waals surface area contributed by atoms with Crippen LogP contribution in [0.1, 0.15) is 17.7 Å². The van der Waals surface area contributed by atoms with Crippen molar-refractivity contribution in [2.24, 2.45) is 0 Å². The molecule has 2 nitrogen and oxygen atoms in total. The summed E-state index contributed by atoms with van der Waals surface area (Å²) in [5.74, 6) is 1.37. The zero-order chi connectivity index (χ0) is 11.8. The Morgan fingerprint density at radius 1 is 1.24 bits per heavy atom.